The molecule has 0 aliphatic carbocycles. The Hall–Kier alpha value is -1.06. The first-order valence-electron chi connectivity index (χ1n) is 6.87. The summed E-state index contributed by atoms with van der Waals surface area (Å²) in [6.45, 7) is 3.59. The molecule has 0 spiro atoms. The summed E-state index contributed by atoms with van der Waals surface area (Å²) in [5, 5.41) is 7.84. The van der Waals surface area contributed by atoms with Crippen LogP contribution in [0.15, 0.2) is 0 Å². The number of nitrogens with one attached hydrogen (secondary N) is 1. The van der Waals surface area contributed by atoms with Gasteiger partial charge >= 0.3 is 0 Å². The summed E-state index contributed by atoms with van der Waals surface area (Å²) in [5.41, 5.74) is 0. The van der Waals surface area contributed by atoms with Crippen molar-refractivity contribution in [2.75, 3.05) is 26.2 Å². The van der Waals surface area contributed by atoms with Crippen LogP contribution in [0.2, 0.25) is 0 Å². The standard InChI is InChI=1S/C13H23N3O/c14-12-6-2-5-8-15(12)11-7-13(17)16-9-3-1-4-10-16/h14H,1-11H2. The highest BCUT2D eigenvalue weighted by molar-refractivity contribution is 5.81. The van der Waals surface area contributed by atoms with Gasteiger partial charge in [0.05, 0.1) is 5.84 Å². The largest absolute Gasteiger partial charge is 0.360 e. The van der Waals surface area contributed by atoms with Crippen LogP contribution in [0.4, 0.5) is 0 Å². The van der Waals surface area contributed by atoms with E-state index >= 15 is 0 Å². The van der Waals surface area contributed by atoms with Crippen LogP contribution in [0.25, 0.3) is 0 Å². The van der Waals surface area contributed by atoms with E-state index in [2.05, 4.69) is 4.90 Å². The molecule has 2 rings (SSSR count). The maximum Gasteiger partial charge on any atom is 0.224 e. The van der Waals surface area contributed by atoms with Crippen LogP contribution in [0.5, 0.6) is 0 Å². The molecular weight excluding hydrogens is 214 g/mol. The number of amidine groups is 1. The molecule has 0 unspecified atom stereocenters. The normalized spacial score (nSPS) is 21.8. The number of piperidine rings is 2. The highest BCUT2D eigenvalue weighted by Gasteiger charge is 2.19. The summed E-state index contributed by atoms with van der Waals surface area (Å²) in [6.07, 6.45) is 7.35. The number of carbonyl (C=O) groups excluding carboxylic acids is 1. The van der Waals surface area contributed by atoms with Crippen molar-refractivity contribution in [2.24, 2.45) is 0 Å². The Morgan fingerprint density at radius 1 is 1.06 bits per heavy atom. The molecule has 1 N–H and O–H groups in total. The van der Waals surface area contributed by atoms with Crippen molar-refractivity contribution in [1.82, 2.24) is 9.80 Å². The lowest BCUT2D eigenvalue weighted by Crippen LogP contribution is -2.40. The van der Waals surface area contributed by atoms with E-state index in [1.807, 2.05) is 4.90 Å². The maximum absolute atomic E-state index is 12.0. The van der Waals surface area contributed by atoms with E-state index in [9.17, 15) is 4.79 Å². The number of carbonyl (C=O) groups is 1. The van der Waals surface area contributed by atoms with Gasteiger partial charge in [0.15, 0.2) is 0 Å². The average Bonchev–Trinajstić information content (AvgIpc) is 2.38. The third-order valence-electron chi connectivity index (χ3n) is 3.78. The number of hydrogen-bond donors (Lipinski definition) is 1. The van der Waals surface area contributed by atoms with Crippen molar-refractivity contribution in [3.05, 3.63) is 0 Å². The molecule has 0 radical (unpaired) electrons. The summed E-state index contributed by atoms with van der Waals surface area (Å²) in [6, 6.07) is 0. The monoisotopic (exact) mass is 237 g/mol. The lowest BCUT2D eigenvalue weighted by molar-refractivity contribution is -0.132. The molecule has 2 fully saturated rings. The maximum atomic E-state index is 12.0. The van der Waals surface area contributed by atoms with Gasteiger partial charge in [-0.05, 0) is 32.1 Å². The fourth-order valence-electron chi connectivity index (χ4n) is 2.67. The number of likely N-dealkylation sites (tertiary alicyclic amines) is 2. The number of nitrogens with zero attached hydrogens (tertiary/aromatic N) is 2. The van der Waals surface area contributed by atoms with Gasteiger partial charge in [-0.25, -0.2) is 0 Å². The van der Waals surface area contributed by atoms with E-state index < -0.39 is 0 Å². The third kappa shape index (κ3) is 3.45. The van der Waals surface area contributed by atoms with Gasteiger partial charge in [-0.1, -0.05) is 0 Å². The van der Waals surface area contributed by atoms with Gasteiger partial charge < -0.3 is 9.80 Å². The van der Waals surface area contributed by atoms with Gasteiger partial charge in [-0.2, -0.15) is 0 Å². The molecule has 2 saturated heterocycles. The van der Waals surface area contributed by atoms with Crippen LogP contribution in [-0.4, -0.2) is 47.7 Å². The quantitative estimate of drug-likeness (QED) is 0.814. The summed E-state index contributed by atoms with van der Waals surface area (Å²) >= 11 is 0. The number of amides is 1. The fourth-order valence-corrected chi connectivity index (χ4v) is 2.67. The SMILES string of the molecule is N=C1CCCCN1CCC(=O)N1CCCCC1. The van der Waals surface area contributed by atoms with Crippen LogP contribution >= 0.6 is 0 Å². The van der Waals surface area contributed by atoms with Crippen LogP contribution in [0.1, 0.15) is 44.9 Å². The van der Waals surface area contributed by atoms with Crippen LogP contribution in [0, 0.1) is 5.41 Å². The summed E-state index contributed by atoms with van der Waals surface area (Å²) in [7, 11) is 0. The lowest BCUT2D eigenvalue weighted by atomic mass is 10.1. The number of rotatable bonds is 3. The zero-order valence-corrected chi connectivity index (χ0v) is 10.6. The first-order valence-corrected chi connectivity index (χ1v) is 6.87. The Balaban J connectivity index is 1.73. The second-order valence-electron chi connectivity index (χ2n) is 5.08. The molecule has 2 aliphatic heterocycles. The Morgan fingerprint density at radius 3 is 2.47 bits per heavy atom. The van der Waals surface area contributed by atoms with Crippen molar-refractivity contribution in [1.29, 1.82) is 5.41 Å². The molecule has 4 nitrogen and oxygen atoms in total. The van der Waals surface area contributed by atoms with Crippen LogP contribution in [-0.2, 0) is 4.79 Å². The molecule has 4 heteroatoms. The molecule has 0 atom stereocenters. The molecule has 0 aromatic carbocycles. The zero-order chi connectivity index (χ0) is 12.1. The molecule has 0 saturated carbocycles. The molecule has 1 amide bonds. The van der Waals surface area contributed by atoms with Gasteiger partial charge in [0, 0.05) is 39.0 Å². The molecular formula is C13H23N3O. The molecule has 0 bridgehead atoms. The first kappa shape index (κ1) is 12.4. The van der Waals surface area contributed by atoms with E-state index in [1.165, 1.54) is 12.8 Å². The molecule has 0 aromatic heterocycles. The smallest absolute Gasteiger partial charge is 0.224 e. The fraction of sp³-hybridized carbons (Fsp3) is 0.846. The van der Waals surface area contributed by atoms with Crippen molar-refractivity contribution in [3.63, 3.8) is 0 Å². The highest BCUT2D eigenvalue weighted by atomic mass is 16.2. The van der Waals surface area contributed by atoms with Gasteiger partial charge in [-0.15, -0.1) is 0 Å². The zero-order valence-electron chi connectivity index (χ0n) is 10.6. The lowest BCUT2D eigenvalue weighted by Gasteiger charge is -2.31. The molecule has 17 heavy (non-hydrogen) atoms. The first-order chi connectivity index (χ1) is 8.27. The summed E-state index contributed by atoms with van der Waals surface area (Å²) < 4.78 is 0. The third-order valence-corrected chi connectivity index (χ3v) is 3.78. The Bertz CT molecular complexity index is 284. The van der Waals surface area contributed by atoms with Gasteiger partial charge in [0.1, 0.15) is 0 Å². The van der Waals surface area contributed by atoms with Crippen LogP contribution < -0.4 is 0 Å². The van der Waals surface area contributed by atoms with E-state index in [1.54, 1.807) is 0 Å². The van der Waals surface area contributed by atoms with E-state index in [4.69, 9.17) is 5.41 Å². The summed E-state index contributed by atoms with van der Waals surface area (Å²) in [4.78, 5) is 16.0. The molecule has 0 aromatic rings. The predicted octanol–water partition coefficient (Wildman–Crippen LogP) is 1.85. The predicted molar refractivity (Wildman–Crippen MR) is 68.2 cm³/mol. The Labute approximate surface area is 103 Å². The van der Waals surface area contributed by atoms with Crippen molar-refractivity contribution in [3.8, 4) is 0 Å². The van der Waals surface area contributed by atoms with Crippen molar-refractivity contribution < 1.29 is 4.79 Å². The topological polar surface area (TPSA) is 47.4 Å². The molecule has 2 aliphatic rings. The average molecular weight is 237 g/mol. The van der Waals surface area contributed by atoms with E-state index in [0.717, 1.165) is 57.7 Å². The highest BCUT2D eigenvalue weighted by Crippen LogP contribution is 2.13. The minimum absolute atomic E-state index is 0.281. The summed E-state index contributed by atoms with van der Waals surface area (Å²) in [5.74, 6) is 1.01. The Morgan fingerprint density at radius 2 is 1.76 bits per heavy atom. The number of hydrogen-bond acceptors (Lipinski definition) is 2. The van der Waals surface area contributed by atoms with Gasteiger partial charge in [0.2, 0.25) is 5.91 Å². The molecule has 2 heterocycles. The van der Waals surface area contributed by atoms with Gasteiger partial charge in [-0.3, -0.25) is 10.2 Å². The second kappa shape index (κ2) is 6.03. The van der Waals surface area contributed by atoms with Crippen molar-refractivity contribution >= 4 is 11.7 Å². The minimum atomic E-state index is 0.281. The van der Waals surface area contributed by atoms with E-state index in [-0.39, 0.29) is 5.91 Å². The molecule has 96 valence electrons. The Kier molecular flexibility index (Phi) is 4.40. The minimum Gasteiger partial charge on any atom is -0.360 e. The van der Waals surface area contributed by atoms with Crippen molar-refractivity contribution in [2.45, 2.75) is 44.9 Å². The second-order valence-corrected chi connectivity index (χ2v) is 5.08. The van der Waals surface area contributed by atoms with Gasteiger partial charge in [0.25, 0.3) is 0 Å². The van der Waals surface area contributed by atoms with Crippen LogP contribution in [0.3, 0.4) is 0 Å². The van der Waals surface area contributed by atoms with E-state index in [0.29, 0.717) is 6.42 Å².